The first kappa shape index (κ1) is 7.53. The smallest absolute Gasteiger partial charge is 0.0956 e. The van der Waals surface area contributed by atoms with Gasteiger partial charge in [0, 0.05) is 19.1 Å². The van der Waals surface area contributed by atoms with Crippen molar-refractivity contribution in [1.82, 2.24) is 4.90 Å². The topological polar surface area (TPSA) is 49.5 Å². The summed E-state index contributed by atoms with van der Waals surface area (Å²) in [7, 11) is 0. The number of likely N-dealkylation sites (tertiary alicyclic amines) is 1. The van der Waals surface area contributed by atoms with Crippen LogP contribution in [0.15, 0.2) is 0 Å². The lowest BCUT2D eigenvalue weighted by molar-refractivity contribution is 0.122. The van der Waals surface area contributed by atoms with E-state index in [1.165, 1.54) is 12.8 Å². The maximum Gasteiger partial charge on any atom is 0.0956 e. The predicted octanol–water partition coefficient (Wildman–Crippen LogP) is -0.395. The van der Waals surface area contributed by atoms with Crippen molar-refractivity contribution in [1.29, 1.82) is 0 Å². The van der Waals surface area contributed by atoms with Gasteiger partial charge < -0.3 is 10.8 Å². The molecule has 1 aliphatic carbocycles. The summed E-state index contributed by atoms with van der Waals surface area (Å²) in [5.74, 6) is 1.55. The third-order valence-electron chi connectivity index (χ3n) is 3.06. The number of fused-ring (bicyclic) bond motifs is 1. The Morgan fingerprint density at radius 1 is 1.27 bits per heavy atom. The summed E-state index contributed by atoms with van der Waals surface area (Å²) in [4.78, 5) is 2.11. The van der Waals surface area contributed by atoms with Gasteiger partial charge in [-0.3, -0.25) is 4.90 Å². The van der Waals surface area contributed by atoms with Gasteiger partial charge in [0.15, 0.2) is 0 Å². The first-order valence-corrected chi connectivity index (χ1v) is 4.38. The fourth-order valence-electron chi connectivity index (χ4n) is 2.56. The molecule has 0 aromatic rings. The zero-order valence-corrected chi connectivity index (χ0v) is 6.74. The number of nitrogens with two attached hydrogens (primary N) is 1. The highest BCUT2D eigenvalue weighted by atomic mass is 16.3. The normalized spacial score (nSPS) is 44.7. The molecule has 0 bridgehead atoms. The third kappa shape index (κ3) is 1.28. The molecule has 3 heteroatoms. The standard InChI is InChI=1S/C8H16N2O/c9-8-1-6-3-10(5-11)4-7(6)2-8/h6-8,11H,1-5,9H2. The van der Waals surface area contributed by atoms with E-state index in [9.17, 15) is 0 Å². The van der Waals surface area contributed by atoms with Gasteiger partial charge >= 0.3 is 0 Å². The van der Waals surface area contributed by atoms with Gasteiger partial charge in [-0.25, -0.2) is 0 Å². The number of hydrogen-bond acceptors (Lipinski definition) is 3. The lowest BCUT2D eigenvalue weighted by Crippen LogP contribution is -2.26. The van der Waals surface area contributed by atoms with Crippen LogP contribution in [0.3, 0.4) is 0 Å². The number of nitrogens with zero attached hydrogens (tertiary/aromatic N) is 1. The molecular formula is C8H16N2O. The van der Waals surface area contributed by atoms with Crippen molar-refractivity contribution in [3.63, 3.8) is 0 Å². The molecule has 0 aromatic carbocycles. The van der Waals surface area contributed by atoms with E-state index in [1.54, 1.807) is 0 Å². The van der Waals surface area contributed by atoms with Gasteiger partial charge in [-0.2, -0.15) is 0 Å². The van der Waals surface area contributed by atoms with E-state index in [2.05, 4.69) is 4.90 Å². The molecule has 1 saturated heterocycles. The summed E-state index contributed by atoms with van der Waals surface area (Å²) >= 11 is 0. The monoisotopic (exact) mass is 156 g/mol. The summed E-state index contributed by atoms with van der Waals surface area (Å²) in [6, 6.07) is 0.436. The number of hydrogen-bond donors (Lipinski definition) is 2. The molecule has 3 N–H and O–H groups in total. The van der Waals surface area contributed by atoms with Crippen LogP contribution in [-0.2, 0) is 0 Å². The van der Waals surface area contributed by atoms with Crippen LogP contribution in [0.2, 0.25) is 0 Å². The quantitative estimate of drug-likeness (QED) is 0.543. The Labute approximate surface area is 67.2 Å². The molecule has 64 valence electrons. The van der Waals surface area contributed by atoms with E-state index in [0.717, 1.165) is 24.9 Å². The molecule has 2 unspecified atom stereocenters. The third-order valence-corrected chi connectivity index (χ3v) is 3.06. The Morgan fingerprint density at radius 3 is 2.27 bits per heavy atom. The van der Waals surface area contributed by atoms with E-state index in [0.29, 0.717) is 6.04 Å². The average molecular weight is 156 g/mol. The van der Waals surface area contributed by atoms with Gasteiger partial charge in [0.1, 0.15) is 0 Å². The molecule has 11 heavy (non-hydrogen) atoms. The van der Waals surface area contributed by atoms with Gasteiger partial charge in [0.25, 0.3) is 0 Å². The maximum absolute atomic E-state index is 8.88. The largest absolute Gasteiger partial charge is 0.381 e. The molecule has 1 heterocycles. The maximum atomic E-state index is 8.88. The minimum absolute atomic E-state index is 0.224. The Hall–Kier alpha value is -0.120. The van der Waals surface area contributed by atoms with Crippen LogP contribution in [0.25, 0.3) is 0 Å². The van der Waals surface area contributed by atoms with E-state index in [4.69, 9.17) is 10.8 Å². The minimum Gasteiger partial charge on any atom is -0.381 e. The van der Waals surface area contributed by atoms with Crippen molar-refractivity contribution in [3.05, 3.63) is 0 Å². The fraction of sp³-hybridized carbons (Fsp3) is 1.00. The van der Waals surface area contributed by atoms with E-state index >= 15 is 0 Å². The molecule has 3 nitrogen and oxygen atoms in total. The van der Waals surface area contributed by atoms with Gasteiger partial charge in [0.05, 0.1) is 6.73 Å². The molecule has 2 rings (SSSR count). The molecule has 2 atom stereocenters. The highest BCUT2D eigenvalue weighted by molar-refractivity contribution is 4.92. The molecule has 0 amide bonds. The van der Waals surface area contributed by atoms with Crippen LogP contribution < -0.4 is 5.73 Å². The summed E-state index contributed by atoms with van der Waals surface area (Å²) in [5.41, 5.74) is 5.83. The van der Waals surface area contributed by atoms with Crippen LogP contribution in [0, 0.1) is 11.8 Å². The number of aliphatic hydroxyl groups excluding tert-OH is 1. The van der Waals surface area contributed by atoms with E-state index < -0.39 is 0 Å². The Kier molecular flexibility index (Phi) is 1.87. The van der Waals surface area contributed by atoms with Crippen LogP contribution in [-0.4, -0.2) is 35.9 Å². The molecule has 0 aromatic heterocycles. The highest BCUT2D eigenvalue weighted by Gasteiger charge is 2.38. The Bertz CT molecular complexity index is 137. The van der Waals surface area contributed by atoms with Crippen LogP contribution in [0.5, 0.6) is 0 Å². The zero-order valence-electron chi connectivity index (χ0n) is 6.74. The Balaban J connectivity index is 1.93. The molecule has 2 aliphatic rings. The van der Waals surface area contributed by atoms with Gasteiger partial charge in [0.2, 0.25) is 0 Å². The SMILES string of the molecule is NC1CC2CN(CO)CC2C1. The Morgan fingerprint density at radius 2 is 1.82 bits per heavy atom. The molecule has 2 fully saturated rings. The predicted molar refractivity (Wildman–Crippen MR) is 42.8 cm³/mol. The summed E-state index contributed by atoms with van der Waals surface area (Å²) < 4.78 is 0. The van der Waals surface area contributed by atoms with Gasteiger partial charge in [-0.15, -0.1) is 0 Å². The lowest BCUT2D eigenvalue weighted by Gasteiger charge is -2.13. The molecule has 1 aliphatic heterocycles. The molecular weight excluding hydrogens is 140 g/mol. The first-order chi connectivity index (χ1) is 5.29. The van der Waals surface area contributed by atoms with Crippen LogP contribution in [0.1, 0.15) is 12.8 Å². The second kappa shape index (κ2) is 2.73. The number of aliphatic hydroxyl groups is 1. The van der Waals surface area contributed by atoms with Crippen molar-refractivity contribution in [3.8, 4) is 0 Å². The summed E-state index contributed by atoms with van der Waals surface area (Å²) in [5, 5.41) is 8.88. The van der Waals surface area contributed by atoms with Crippen molar-refractivity contribution < 1.29 is 5.11 Å². The van der Waals surface area contributed by atoms with Gasteiger partial charge in [-0.1, -0.05) is 0 Å². The van der Waals surface area contributed by atoms with Crippen LogP contribution in [0.4, 0.5) is 0 Å². The van der Waals surface area contributed by atoms with Crippen molar-refractivity contribution in [2.24, 2.45) is 17.6 Å². The highest BCUT2D eigenvalue weighted by Crippen LogP contribution is 2.36. The van der Waals surface area contributed by atoms with Crippen molar-refractivity contribution >= 4 is 0 Å². The first-order valence-electron chi connectivity index (χ1n) is 4.38. The summed E-state index contributed by atoms with van der Waals surface area (Å²) in [6.07, 6.45) is 2.34. The van der Waals surface area contributed by atoms with Crippen molar-refractivity contribution in [2.75, 3.05) is 19.8 Å². The van der Waals surface area contributed by atoms with Crippen LogP contribution >= 0.6 is 0 Å². The van der Waals surface area contributed by atoms with E-state index in [-0.39, 0.29) is 6.73 Å². The van der Waals surface area contributed by atoms with Crippen molar-refractivity contribution in [2.45, 2.75) is 18.9 Å². The minimum atomic E-state index is 0.224. The molecule has 1 saturated carbocycles. The number of rotatable bonds is 1. The second-order valence-electron chi connectivity index (χ2n) is 3.93. The average Bonchev–Trinajstić information content (AvgIpc) is 2.43. The zero-order chi connectivity index (χ0) is 7.84. The second-order valence-corrected chi connectivity index (χ2v) is 3.93. The summed E-state index contributed by atoms with van der Waals surface area (Å²) in [6.45, 7) is 2.35. The molecule has 0 spiro atoms. The van der Waals surface area contributed by atoms with Gasteiger partial charge in [-0.05, 0) is 24.7 Å². The molecule has 0 radical (unpaired) electrons. The lowest BCUT2D eigenvalue weighted by atomic mass is 10.0. The fourth-order valence-corrected chi connectivity index (χ4v) is 2.56. The van der Waals surface area contributed by atoms with E-state index in [1.807, 2.05) is 0 Å².